The Balaban J connectivity index is 2.16. The van der Waals surface area contributed by atoms with Crippen molar-refractivity contribution in [3.8, 4) is 11.1 Å². The minimum Gasteiger partial charge on any atom is -0.481 e. The van der Waals surface area contributed by atoms with Crippen LogP contribution in [0.5, 0.6) is 0 Å². The van der Waals surface area contributed by atoms with E-state index in [0.717, 1.165) is 57.3 Å². The van der Waals surface area contributed by atoms with Gasteiger partial charge in [0, 0.05) is 40.1 Å². The largest absolute Gasteiger partial charge is 0.481 e. The van der Waals surface area contributed by atoms with Crippen molar-refractivity contribution in [3.63, 3.8) is 0 Å². The number of unbranched alkanes of at least 4 members (excludes halogenated alkanes) is 1. The number of carboxylic acids is 1. The molecule has 0 amide bonds. The maximum atomic E-state index is 10.9. The molecule has 0 atom stereocenters. The van der Waals surface area contributed by atoms with Crippen LogP contribution in [-0.2, 0) is 29.0 Å². The molecular weight excluding hydrogens is 446 g/mol. The van der Waals surface area contributed by atoms with Gasteiger partial charge in [0.1, 0.15) is 0 Å². The van der Waals surface area contributed by atoms with Crippen molar-refractivity contribution in [2.75, 3.05) is 0 Å². The Bertz CT molecular complexity index is 1030. The van der Waals surface area contributed by atoms with Crippen LogP contribution < -0.4 is 0 Å². The first kappa shape index (κ1) is 22.4. The van der Waals surface area contributed by atoms with Gasteiger partial charge in [0.05, 0.1) is 23.9 Å². The van der Waals surface area contributed by atoms with Crippen LogP contribution in [-0.4, -0.2) is 31.8 Å². The molecule has 0 aromatic carbocycles. The van der Waals surface area contributed by atoms with E-state index in [-0.39, 0.29) is 12.5 Å². The third-order valence-electron chi connectivity index (χ3n) is 5.04. The van der Waals surface area contributed by atoms with E-state index in [9.17, 15) is 4.79 Å². The number of nitrogens with zero attached hydrogens (tertiary/aromatic N) is 3. The highest BCUT2D eigenvalue weighted by Gasteiger charge is 2.19. The first-order valence-corrected chi connectivity index (χ1v) is 11.2. The van der Waals surface area contributed by atoms with Crippen molar-refractivity contribution >= 4 is 27.4 Å². The lowest BCUT2D eigenvalue weighted by Crippen LogP contribution is -2.12. The second kappa shape index (κ2) is 10.2. The summed E-state index contributed by atoms with van der Waals surface area (Å²) in [5.74, 6) is -0.762. The molecule has 1 N–H and O–H groups in total. The Morgan fingerprint density at radius 3 is 2.73 bits per heavy atom. The van der Waals surface area contributed by atoms with Crippen molar-refractivity contribution < 1.29 is 14.6 Å². The number of pyridine rings is 1. The van der Waals surface area contributed by atoms with Crippen LogP contribution in [0, 0.1) is 0 Å². The lowest BCUT2D eigenvalue weighted by atomic mass is 9.95. The minimum absolute atomic E-state index is 0.0913. The van der Waals surface area contributed by atoms with Gasteiger partial charge in [0.25, 0.3) is 0 Å². The highest BCUT2D eigenvalue weighted by Crippen LogP contribution is 2.34. The van der Waals surface area contributed by atoms with Crippen LogP contribution in [0.4, 0.5) is 0 Å². The number of hydrogen-bond acceptors (Lipinski definition) is 4. The first-order valence-electron chi connectivity index (χ1n) is 10.4. The Morgan fingerprint density at radius 2 is 2.07 bits per heavy atom. The lowest BCUT2D eigenvalue weighted by Gasteiger charge is -2.18. The minimum atomic E-state index is -0.762. The molecule has 3 rings (SSSR count). The smallest absolute Gasteiger partial charge is 0.303 e. The molecule has 0 fully saturated rings. The molecule has 30 heavy (non-hydrogen) atoms. The molecule has 0 saturated heterocycles. The first-order chi connectivity index (χ1) is 14.4. The van der Waals surface area contributed by atoms with Gasteiger partial charge < -0.3 is 9.84 Å². The zero-order valence-corrected chi connectivity index (χ0v) is 19.3. The molecule has 7 heteroatoms. The van der Waals surface area contributed by atoms with Crippen molar-refractivity contribution in [2.45, 2.75) is 65.6 Å². The summed E-state index contributed by atoms with van der Waals surface area (Å²) in [4.78, 5) is 15.3. The molecule has 0 aliphatic carbocycles. The molecule has 0 spiro atoms. The summed E-state index contributed by atoms with van der Waals surface area (Å²) in [6, 6.07) is 6.28. The molecule has 0 radical (unpaired) electrons. The number of carbonyl (C=O) groups is 1. The highest BCUT2D eigenvalue weighted by atomic mass is 79.9. The van der Waals surface area contributed by atoms with Crippen LogP contribution in [0.2, 0.25) is 0 Å². The topological polar surface area (TPSA) is 76.7 Å². The van der Waals surface area contributed by atoms with E-state index in [0.29, 0.717) is 13.0 Å². The van der Waals surface area contributed by atoms with Crippen LogP contribution in [0.25, 0.3) is 16.6 Å². The number of aliphatic carboxylic acids is 1. The number of rotatable bonds is 10. The van der Waals surface area contributed by atoms with Crippen molar-refractivity contribution in [3.05, 3.63) is 52.0 Å². The van der Waals surface area contributed by atoms with Gasteiger partial charge in [-0.1, -0.05) is 6.92 Å². The predicted molar refractivity (Wildman–Crippen MR) is 121 cm³/mol. The van der Waals surface area contributed by atoms with Crippen molar-refractivity contribution in [2.24, 2.45) is 0 Å². The van der Waals surface area contributed by atoms with Gasteiger partial charge in [0.2, 0.25) is 0 Å². The fourth-order valence-electron chi connectivity index (χ4n) is 3.61. The van der Waals surface area contributed by atoms with Gasteiger partial charge in [-0.15, -0.1) is 0 Å². The third-order valence-corrected chi connectivity index (χ3v) is 5.47. The SMILES string of the molecule is CCc1ccc2c(-c3cncc(Br)c3)c(CCCCC(=O)O)c(COC(C)C)nn12. The van der Waals surface area contributed by atoms with Crippen LogP contribution in [0.1, 0.15) is 57.0 Å². The molecule has 3 heterocycles. The van der Waals surface area contributed by atoms with Gasteiger partial charge in [-0.3, -0.25) is 9.78 Å². The molecule has 0 unspecified atom stereocenters. The molecule has 0 aliphatic heterocycles. The number of aryl methyl sites for hydroxylation is 1. The fraction of sp³-hybridized carbons (Fsp3) is 0.435. The van der Waals surface area contributed by atoms with E-state index < -0.39 is 5.97 Å². The molecule has 3 aromatic rings. The van der Waals surface area contributed by atoms with Crippen molar-refractivity contribution in [1.82, 2.24) is 14.6 Å². The summed E-state index contributed by atoms with van der Waals surface area (Å²) in [5.41, 5.74) is 6.28. The zero-order chi connectivity index (χ0) is 21.7. The highest BCUT2D eigenvalue weighted by molar-refractivity contribution is 9.10. The van der Waals surface area contributed by atoms with E-state index in [1.807, 2.05) is 24.6 Å². The number of ether oxygens (including phenoxy) is 1. The Morgan fingerprint density at radius 1 is 1.27 bits per heavy atom. The standard InChI is InChI=1S/C23H28BrN3O3/c1-4-18-9-10-21-23(16-11-17(24)13-25-12-16)19(7-5-6-8-22(28)29)20(26-27(18)21)14-30-15(2)3/h9-13,15H,4-8,14H2,1-3H3,(H,28,29). The number of aromatic nitrogens is 3. The zero-order valence-electron chi connectivity index (χ0n) is 17.7. The van der Waals surface area contributed by atoms with Gasteiger partial charge in [0.15, 0.2) is 0 Å². The second-order valence-corrected chi connectivity index (χ2v) is 8.54. The summed E-state index contributed by atoms with van der Waals surface area (Å²) in [7, 11) is 0. The Hall–Kier alpha value is -2.25. The molecule has 0 bridgehead atoms. The van der Waals surface area contributed by atoms with Crippen molar-refractivity contribution in [1.29, 1.82) is 0 Å². The molecule has 6 nitrogen and oxygen atoms in total. The van der Waals surface area contributed by atoms with E-state index in [2.05, 4.69) is 46.0 Å². The summed E-state index contributed by atoms with van der Waals surface area (Å²) in [6.45, 7) is 6.56. The van der Waals surface area contributed by atoms with E-state index >= 15 is 0 Å². The van der Waals surface area contributed by atoms with Gasteiger partial charge in [-0.05, 0) is 79.2 Å². The molecule has 0 aliphatic rings. The number of fused-ring (bicyclic) bond motifs is 1. The number of halogens is 1. The van der Waals surface area contributed by atoms with E-state index in [1.54, 1.807) is 6.20 Å². The van der Waals surface area contributed by atoms with Crippen LogP contribution >= 0.6 is 15.9 Å². The normalized spacial score (nSPS) is 11.5. The third kappa shape index (κ3) is 5.26. The van der Waals surface area contributed by atoms with Gasteiger partial charge in [-0.25, -0.2) is 4.52 Å². The number of hydrogen-bond donors (Lipinski definition) is 1. The molecule has 0 saturated carbocycles. The number of carboxylic acid groups (broad SMARTS) is 1. The molecule has 3 aromatic heterocycles. The lowest BCUT2D eigenvalue weighted by molar-refractivity contribution is -0.137. The summed E-state index contributed by atoms with van der Waals surface area (Å²) in [5, 5.41) is 13.9. The van der Waals surface area contributed by atoms with Gasteiger partial charge in [-0.2, -0.15) is 5.10 Å². The molecule has 160 valence electrons. The Labute approximate surface area is 185 Å². The second-order valence-electron chi connectivity index (χ2n) is 7.63. The Kier molecular flexibility index (Phi) is 7.61. The fourth-order valence-corrected chi connectivity index (χ4v) is 3.97. The van der Waals surface area contributed by atoms with Crippen LogP contribution in [0.15, 0.2) is 35.1 Å². The molecular formula is C23H28BrN3O3. The average Bonchev–Trinajstić information content (AvgIpc) is 3.11. The summed E-state index contributed by atoms with van der Waals surface area (Å²) >= 11 is 3.54. The summed E-state index contributed by atoms with van der Waals surface area (Å²) < 4.78 is 8.85. The maximum absolute atomic E-state index is 10.9. The predicted octanol–water partition coefficient (Wildman–Crippen LogP) is 5.44. The quantitative estimate of drug-likeness (QED) is 0.396. The summed E-state index contributed by atoms with van der Waals surface area (Å²) in [6.07, 6.45) is 6.92. The van der Waals surface area contributed by atoms with Crippen LogP contribution in [0.3, 0.4) is 0 Å². The van der Waals surface area contributed by atoms with E-state index in [4.69, 9.17) is 14.9 Å². The average molecular weight is 474 g/mol. The maximum Gasteiger partial charge on any atom is 0.303 e. The van der Waals surface area contributed by atoms with Gasteiger partial charge >= 0.3 is 5.97 Å². The van der Waals surface area contributed by atoms with E-state index in [1.165, 1.54) is 0 Å². The monoisotopic (exact) mass is 473 g/mol.